The molecule has 6 nitrogen and oxygen atoms in total. The van der Waals surface area contributed by atoms with Crippen molar-refractivity contribution in [2.24, 2.45) is 0 Å². The fourth-order valence-corrected chi connectivity index (χ4v) is 5.88. The molecule has 1 amide bonds. The third-order valence-electron chi connectivity index (χ3n) is 6.10. The van der Waals surface area contributed by atoms with Crippen LogP contribution in [0, 0.1) is 13.8 Å². The van der Waals surface area contributed by atoms with E-state index in [9.17, 15) is 4.79 Å². The first-order chi connectivity index (χ1) is 15.5. The number of amides is 1. The molecule has 3 heterocycles. The van der Waals surface area contributed by atoms with Crippen molar-refractivity contribution in [1.29, 1.82) is 0 Å². The average molecular weight is 470 g/mol. The molecule has 1 N–H and O–H groups in total. The molecule has 1 aliphatic rings. The Labute approximate surface area is 198 Å². The molecule has 0 radical (unpaired) electrons. The van der Waals surface area contributed by atoms with E-state index in [1.54, 1.807) is 17.7 Å². The highest BCUT2D eigenvalue weighted by atomic mass is 32.2. The Balaban J connectivity index is 1.24. The highest BCUT2D eigenvalue weighted by Crippen LogP contribution is 2.34. The van der Waals surface area contributed by atoms with Gasteiger partial charge in [0.05, 0.1) is 5.75 Å². The van der Waals surface area contributed by atoms with Gasteiger partial charge in [0.1, 0.15) is 16.2 Å². The number of hydrogen-bond acceptors (Lipinski definition) is 7. The van der Waals surface area contributed by atoms with E-state index in [0.717, 1.165) is 60.1 Å². The molecule has 1 saturated heterocycles. The summed E-state index contributed by atoms with van der Waals surface area (Å²) < 4.78 is 0. The molecule has 0 aliphatic carbocycles. The summed E-state index contributed by atoms with van der Waals surface area (Å²) in [7, 11) is 0. The number of likely N-dealkylation sites (N-methyl/N-ethyl adjacent to an activating group) is 1. The summed E-state index contributed by atoms with van der Waals surface area (Å²) in [4.78, 5) is 28.4. The molecule has 2 aromatic heterocycles. The zero-order valence-corrected chi connectivity index (χ0v) is 20.7. The third-order valence-corrected chi connectivity index (χ3v) is 8.21. The Bertz CT molecular complexity index is 1060. The zero-order chi connectivity index (χ0) is 22.5. The summed E-state index contributed by atoms with van der Waals surface area (Å²) >= 11 is 3.16. The smallest absolute Gasteiger partial charge is 0.230 e. The minimum absolute atomic E-state index is 0.0178. The lowest BCUT2D eigenvalue weighted by atomic mass is 10.1. The van der Waals surface area contributed by atoms with Gasteiger partial charge in [0.2, 0.25) is 5.91 Å². The number of carbonyl (C=O) groups is 1. The van der Waals surface area contributed by atoms with Crippen molar-refractivity contribution >= 4 is 39.2 Å². The van der Waals surface area contributed by atoms with Crippen LogP contribution in [-0.4, -0.2) is 64.2 Å². The monoisotopic (exact) mass is 469 g/mol. The molecule has 8 heteroatoms. The van der Waals surface area contributed by atoms with Crippen LogP contribution < -0.4 is 5.32 Å². The molecule has 0 unspecified atom stereocenters. The summed E-state index contributed by atoms with van der Waals surface area (Å²) in [6.45, 7) is 13.7. The van der Waals surface area contributed by atoms with E-state index in [-0.39, 0.29) is 5.91 Å². The van der Waals surface area contributed by atoms with Crippen molar-refractivity contribution in [3.8, 4) is 0 Å². The Hall–Kier alpha value is -2.00. The molecular formula is C24H31N5OS2. The van der Waals surface area contributed by atoms with Crippen LogP contribution >= 0.6 is 23.1 Å². The van der Waals surface area contributed by atoms with Crippen molar-refractivity contribution in [2.75, 3.05) is 38.5 Å². The Morgan fingerprint density at radius 3 is 2.47 bits per heavy atom. The maximum atomic E-state index is 12.4. The van der Waals surface area contributed by atoms with Crippen LogP contribution in [-0.2, 0) is 17.9 Å². The number of carbonyl (C=O) groups excluding carboxylic acids is 1. The lowest BCUT2D eigenvalue weighted by molar-refractivity contribution is -0.118. The summed E-state index contributed by atoms with van der Waals surface area (Å²) in [5.74, 6) is 0.367. The van der Waals surface area contributed by atoms with Crippen LogP contribution in [0.3, 0.4) is 0 Å². The highest BCUT2D eigenvalue weighted by molar-refractivity contribution is 8.00. The van der Waals surface area contributed by atoms with E-state index < -0.39 is 0 Å². The molecule has 0 spiro atoms. The van der Waals surface area contributed by atoms with E-state index in [2.05, 4.69) is 70.1 Å². The van der Waals surface area contributed by atoms with Crippen LogP contribution in [0.5, 0.6) is 0 Å². The molecule has 1 aliphatic heterocycles. The topological polar surface area (TPSA) is 61.4 Å². The molecule has 4 rings (SSSR count). The number of benzene rings is 1. The summed E-state index contributed by atoms with van der Waals surface area (Å²) in [5.41, 5.74) is 3.66. The lowest BCUT2D eigenvalue weighted by Gasteiger charge is -2.34. The molecule has 1 fully saturated rings. The summed E-state index contributed by atoms with van der Waals surface area (Å²) in [5, 5.41) is 5.00. The first-order valence-corrected chi connectivity index (χ1v) is 13.0. The predicted molar refractivity (Wildman–Crippen MR) is 133 cm³/mol. The highest BCUT2D eigenvalue weighted by Gasteiger charge is 2.16. The van der Waals surface area contributed by atoms with Crippen LogP contribution in [0.25, 0.3) is 10.2 Å². The van der Waals surface area contributed by atoms with Crippen LogP contribution in [0.15, 0.2) is 35.6 Å². The van der Waals surface area contributed by atoms with E-state index in [1.165, 1.54) is 27.8 Å². The van der Waals surface area contributed by atoms with Crippen molar-refractivity contribution in [3.63, 3.8) is 0 Å². The minimum atomic E-state index is 0.0178. The van der Waals surface area contributed by atoms with Gasteiger partial charge in [0, 0.05) is 49.5 Å². The van der Waals surface area contributed by atoms with Crippen LogP contribution in [0.2, 0.25) is 0 Å². The van der Waals surface area contributed by atoms with Crippen molar-refractivity contribution in [1.82, 2.24) is 25.1 Å². The Morgan fingerprint density at radius 1 is 1.06 bits per heavy atom. The average Bonchev–Trinajstić information content (AvgIpc) is 3.11. The number of fused-ring (bicyclic) bond motifs is 1. The fraction of sp³-hybridized carbons (Fsp3) is 0.458. The Kier molecular flexibility index (Phi) is 7.78. The second-order valence-corrected chi connectivity index (χ2v) is 10.4. The van der Waals surface area contributed by atoms with Crippen molar-refractivity contribution < 1.29 is 4.79 Å². The third kappa shape index (κ3) is 5.67. The van der Waals surface area contributed by atoms with Gasteiger partial charge in [0.15, 0.2) is 0 Å². The largest absolute Gasteiger partial charge is 0.351 e. The number of rotatable bonds is 8. The quantitative estimate of drug-likeness (QED) is 0.399. The number of aromatic nitrogens is 2. The normalized spacial score (nSPS) is 15.3. The Morgan fingerprint density at radius 2 is 1.75 bits per heavy atom. The second-order valence-electron chi connectivity index (χ2n) is 8.23. The molecule has 170 valence electrons. The predicted octanol–water partition coefficient (Wildman–Crippen LogP) is 3.85. The number of thioether (sulfide) groups is 1. The summed E-state index contributed by atoms with van der Waals surface area (Å²) in [6.07, 6.45) is 1.59. The lowest BCUT2D eigenvalue weighted by Crippen LogP contribution is -2.45. The van der Waals surface area contributed by atoms with Gasteiger partial charge in [-0.1, -0.05) is 43.0 Å². The van der Waals surface area contributed by atoms with Gasteiger partial charge in [-0.25, -0.2) is 9.97 Å². The van der Waals surface area contributed by atoms with E-state index in [1.807, 2.05) is 0 Å². The van der Waals surface area contributed by atoms with Crippen molar-refractivity contribution in [3.05, 3.63) is 52.2 Å². The number of nitrogens with zero attached hydrogens (tertiary/aromatic N) is 4. The molecule has 1 aromatic carbocycles. The van der Waals surface area contributed by atoms with Gasteiger partial charge in [-0.15, -0.1) is 11.3 Å². The van der Waals surface area contributed by atoms with Gasteiger partial charge in [-0.05, 0) is 37.1 Å². The van der Waals surface area contributed by atoms with E-state index in [0.29, 0.717) is 12.3 Å². The van der Waals surface area contributed by atoms with Gasteiger partial charge >= 0.3 is 0 Å². The molecule has 0 atom stereocenters. The molecule has 32 heavy (non-hydrogen) atoms. The van der Waals surface area contributed by atoms with Crippen LogP contribution in [0.4, 0.5) is 0 Å². The van der Waals surface area contributed by atoms with Gasteiger partial charge in [-0.2, -0.15) is 0 Å². The van der Waals surface area contributed by atoms with Crippen molar-refractivity contribution in [2.45, 2.75) is 38.9 Å². The molecule has 3 aromatic rings. The van der Waals surface area contributed by atoms with E-state index in [4.69, 9.17) is 0 Å². The minimum Gasteiger partial charge on any atom is -0.351 e. The van der Waals surface area contributed by atoms with Crippen LogP contribution in [0.1, 0.15) is 28.5 Å². The standard InChI is InChI=1S/C24H31N5OS2/c1-4-28-9-11-29(12-10-28)14-20-7-5-19(6-8-20)13-25-21(30)15-31-23-22-17(2)18(3)32-24(22)27-16-26-23/h5-8,16H,4,9-15H2,1-3H3,(H,25,30). The number of aryl methyl sites for hydroxylation is 2. The summed E-state index contributed by atoms with van der Waals surface area (Å²) in [6, 6.07) is 8.61. The van der Waals surface area contributed by atoms with Gasteiger partial charge in [0.25, 0.3) is 0 Å². The fourth-order valence-electron chi connectivity index (χ4n) is 3.93. The second kappa shape index (κ2) is 10.7. The van der Waals surface area contributed by atoms with E-state index >= 15 is 0 Å². The first kappa shape index (κ1) is 23.2. The maximum Gasteiger partial charge on any atom is 0.230 e. The maximum absolute atomic E-state index is 12.4. The van der Waals surface area contributed by atoms with Gasteiger partial charge in [-0.3, -0.25) is 9.69 Å². The number of thiophene rings is 1. The first-order valence-electron chi connectivity index (χ1n) is 11.2. The molecular weight excluding hydrogens is 438 g/mol. The number of nitrogens with one attached hydrogen (secondary N) is 1. The molecule has 0 bridgehead atoms. The SMILES string of the molecule is CCN1CCN(Cc2ccc(CNC(=O)CSc3ncnc4sc(C)c(C)c34)cc2)CC1. The van der Waals surface area contributed by atoms with Gasteiger partial charge < -0.3 is 10.2 Å². The number of hydrogen-bond donors (Lipinski definition) is 1. The number of piperazine rings is 1. The zero-order valence-electron chi connectivity index (χ0n) is 19.1. The molecule has 0 saturated carbocycles.